The Bertz CT molecular complexity index is 533. The van der Waals surface area contributed by atoms with Gasteiger partial charge in [-0.1, -0.05) is 15.9 Å². The minimum absolute atomic E-state index is 0.515. The van der Waals surface area contributed by atoms with Crippen molar-refractivity contribution in [1.29, 1.82) is 0 Å². The van der Waals surface area contributed by atoms with E-state index in [-0.39, 0.29) is 0 Å². The molecule has 0 saturated heterocycles. The predicted octanol–water partition coefficient (Wildman–Crippen LogP) is 2.20. The number of fused-ring (bicyclic) bond motifs is 1. The molecule has 1 aromatic carbocycles. The Kier molecular flexibility index (Phi) is 2.99. The van der Waals surface area contributed by atoms with Gasteiger partial charge in [-0.15, -0.1) is 0 Å². The molecule has 1 unspecified atom stereocenters. The number of nitrogens with one attached hydrogen (secondary N) is 1. The van der Waals surface area contributed by atoms with E-state index >= 15 is 0 Å². The smallest absolute Gasteiger partial charge is 0.0734 e. The van der Waals surface area contributed by atoms with Crippen LogP contribution in [0.2, 0.25) is 0 Å². The third kappa shape index (κ3) is 2.34. The van der Waals surface area contributed by atoms with Crippen LogP contribution in [0.3, 0.4) is 0 Å². The van der Waals surface area contributed by atoms with Gasteiger partial charge in [0.25, 0.3) is 0 Å². The van der Waals surface area contributed by atoms with Crippen molar-refractivity contribution in [2.24, 2.45) is 0 Å². The van der Waals surface area contributed by atoms with Gasteiger partial charge in [-0.05, 0) is 24.3 Å². The van der Waals surface area contributed by atoms with E-state index in [2.05, 4.69) is 25.6 Å². The lowest BCUT2D eigenvalue weighted by molar-refractivity contribution is 0.542. The summed E-state index contributed by atoms with van der Waals surface area (Å²) in [5, 5.41) is 0.768. The largest absolute Gasteiger partial charge is 0.755 e. The van der Waals surface area contributed by atoms with Gasteiger partial charge < -0.3 is 9.27 Å². The van der Waals surface area contributed by atoms with Crippen LogP contribution in [-0.2, 0) is 11.3 Å². The van der Waals surface area contributed by atoms with Crippen LogP contribution in [-0.4, -0.2) is 13.7 Å². The molecule has 4 nitrogen and oxygen atoms in total. The Labute approximate surface area is 97.3 Å². The van der Waals surface area contributed by atoms with Crippen LogP contribution >= 0.6 is 15.9 Å². The summed E-state index contributed by atoms with van der Waals surface area (Å²) in [5.41, 5.74) is 1.25. The first-order valence-corrected chi connectivity index (χ1v) is 5.94. The molecular formula is C9H6BrN2O2S-. The second kappa shape index (κ2) is 4.26. The van der Waals surface area contributed by atoms with E-state index in [1.807, 2.05) is 12.1 Å². The van der Waals surface area contributed by atoms with Crippen molar-refractivity contribution in [3.63, 3.8) is 0 Å². The van der Waals surface area contributed by atoms with Crippen molar-refractivity contribution in [3.8, 4) is 0 Å². The summed E-state index contributed by atoms with van der Waals surface area (Å²) in [6.07, 6.45) is 1.66. The van der Waals surface area contributed by atoms with E-state index in [9.17, 15) is 8.76 Å². The van der Waals surface area contributed by atoms with Crippen LogP contribution in [0.5, 0.6) is 0 Å². The minimum Gasteiger partial charge on any atom is -0.755 e. The number of anilines is 1. The van der Waals surface area contributed by atoms with Crippen molar-refractivity contribution in [1.82, 2.24) is 4.98 Å². The Morgan fingerprint density at radius 3 is 3.00 bits per heavy atom. The second-order valence-corrected chi connectivity index (χ2v) is 4.45. The summed E-state index contributed by atoms with van der Waals surface area (Å²) in [4.78, 5) is 4.14. The van der Waals surface area contributed by atoms with Crippen LogP contribution < -0.4 is 4.72 Å². The molecule has 15 heavy (non-hydrogen) atoms. The van der Waals surface area contributed by atoms with Gasteiger partial charge in [0.1, 0.15) is 0 Å². The number of hydrogen-bond donors (Lipinski definition) is 1. The monoisotopic (exact) mass is 285 g/mol. The van der Waals surface area contributed by atoms with Crippen LogP contribution in [0.15, 0.2) is 34.9 Å². The zero-order valence-electron chi connectivity index (χ0n) is 7.44. The van der Waals surface area contributed by atoms with Gasteiger partial charge >= 0.3 is 0 Å². The lowest BCUT2D eigenvalue weighted by atomic mass is 10.2. The molecule has 6 heteroatoms. The topological polar surface area (TPSA) is 65.0 Å². The minimum atomic E-state index is -2.33. The molecule has 2 rings (SSSR count). The quantitative estimate of drug-likeness (QED) is 0.861. The van der Waals surface area contributed by atoms with Gasteiger partial charge in [0.2, 0.25) is 0 Å². The summed E-state index contributed by atoms with van der Waals surface area (Å²) in [5.74, 6) is 0. The fraction of sp³-hybridized carbons (Fsp3) is 0. The maximum atomic E-state index is 10.6. The van der Waals surface area contributed by atoms with E-state index < -0.39 is 11.3 Å². The molecule has 1 atom stereocenters. The second-order valence-electron chi connectivity index (χ2n) is 2.86. The van der Waals surface area contributed by atoms with E-state index in [1.165, 1.54) is 0 Å². The fourth-order valence-corrected chi connectivity index (χ4v) is 2.12. The summed E-state index contributed by atoms with van der Waals surface area (Å²) in [7, 11) is 0. The number of hydrogen-bond acceptors (Lipinski definition) is 3. The zero-order chi connectivity index (χ0) is 10.8. The predicted molar refractivity (Wildman–Crippen MR) is 62.0 cm³/mol. The number of halogens is 1. The maximum absolute atomic E-state index is 10.6. The van der Waals surface area contributed by atoms with Crippen molar-refractivity contribution in [2.75, 3.05) is 4.72 Å². The standard InChI is InChI=1S/C9H7BrN2O2S/c10-6-4-8-7(2-1-3-11-8)9(5-6)12-15(13)14/h1-5,12H,(H,13,14)/p-1. The zero-order valence-corrected chi connectivity index (χ0v) is 9.84. The molecule has 0 fully saturated rings. The van der Waals surface area contributed by atoms with Crippen molar-refractivity contribution >= 4 is 43.8 Å². The maximum Gasteiger partial charge on any atom is 0.0734 e. The molecule has 0 spiro atoms. The number of pyridine rings is 1. The van der Waals surface area contributed by atoms with E-state index in [4.69, 9.17) is 0 Å². The Morgan fingerprint density at radius 1 is 1.47 bits per heavy atom. The third-order valence-corrected chi connectivity index (χ3v) is 2.72. The van der Waals surface area contributed by atoms with Crippen LogP contribution in [0, 0.1) is 0 Å². The van der Waals surface area contributed by atoms with Crippen LogP contribution in [0.1, 0.15) is 0 Å². The van der Waals surface area contributed by atoms with Gasteiger partial charge in [0.15, 0.2) is 0 Å². The Hall–Kier alpha value is -0.980. The van der Waals surface area contributed by atoms with E-state index in [0.717, 1.165) is 15.4 Å². The molecule has 0 aliphatic carbocycles. The van der Waals surface area contributed by atoms with Crippen LogP contribution in [0.4, 0.5) is 5.69 Å². The molecule has 0 aliphatic heterocycles. The first kappa shape index (κ1) is 10.5. The number of rotatable bonds is 2. The molecule has 0 amide bonds. The van der Waals surface area contributed by atoms with E-state index in [1.54, 1.807) is 18.3 Å². The normalized spacial score (nSPS) is 12.7. The molecule has 1 aromatic heterocycles. The molecule has 0 bridgehead atoms. The highest BCUT2D eigenvalue weighted by Gasteiger charge is 2.02. The number of benzene rings is 1. The molecular weight excluding hydrogens is 280 g/mol. The molecule has 78 valence electrons. The summed E-state index contributed by atoms with van der Waals surface area (Å²) < 4.78 is 24.3. The van der Waals surface area contributed by atoms with E-state index in [0.29, 0.717) is 5.69 Å². The first-order valence-electron chi connectivity index (χ1n) is 4.07. The van der Waals surface area contributed by atoms with Crippen molar-refractivity contribution in [3.05, 3.63) is 34.9 Å². The highest BCUT2D eigenvalue weighted by Crippen LogP contribution is 2.26. The van der Waals surface area contributed by atoms with Gasteiger partial charge in [-0.25, -0.2) is 0 Å². The Morgan fingerprint density at radius 2 is 2.27 bits per heavy atom. The highest BCUT2D eigenvalue weighted by molar-refractivity contribution is 9.10. The average molecular weight is 286 g/mol. The molecule has 0 radical (unpaired) electrons. The fourth-order valence-electron chi connectivity index (χ4n) is 1.32. The van der Waals surface area contributed by atoms with Gasteiger partial charge in [-0.2, -0.15) is 0 Å². The average Bonchev–Trinajstić information content (AvgIpc) is 2.16. The van der Waals surface area contributed by atoms with Crippen molar-refractivity contribution < 1.29 is 8.76 Å². The molecule has 1 heterocycles. The summed E-state index contributed by atoms with van der Waals surface area (Å²) in [6.45, 7) is 0. The first-order chi connectivity index (χ1) is 7.16. The van der Waals surface area contributed by atoms with Gasteiger partial charge in [0.05, 0.1) is 11.2 Å². The molecule has 1 N–H and O–H groups in total. The van der Waals surface area contributed by atoms with Crippen LogP contribution in [0.25, 0.3) is 10.9 Å². The molecule has 0 saturated carbocycles. The molecule has 2 aromatic rings. The Balaban J connectivity index is 2.65. The molecule has 0 aliphatic rings. The SMILES string of the molecule is O=S([O-])Nc1cc(Br)cc2ncccc12. The van der Waals surface area contributed by atoms with Crippen molar-refractivity contribution in [2.45, 2.75) is 0 Å². The third-order valence-electron chi connectivity index (χ3n) is 1.88. The number of nitrogens with zero attached hydrogens (tertiary/aromatic N) is 1. The highest BCUT2D eigenvalue weighted by atomic mass is 79.9. The summed E-state index contributed by atoms with van der Waals surface area (Å²) >= 11 is 0.963. The lowest BCUT2D eigenvalue weighted by Crippen LogP contribution is -2.02. The van der Waals surface area contributed by atoms with Gasteiger partial charge in [-0.3, -0.25) is 9.19 Å². The lowest BCUT2D eigenvalue weighted by Gasteiger charge is -2.11. The summed E-state index contributed by atoms with van der Waals surface area (Å²) in [6, 6.07) is 7.09. The number of aromatic nitrogens is 1. The van der Waals surface area contributed by atoms with Gasteiger partial charge in [0, 0.05) is 27.3 Å².